The van der Waals surface area contributed by atoms with Gasteiger partial charge in [0.15, 0.2) is 0 Å². The lowest BCUT2D eigenvalue weighted by Gasteiger charge is -2.00. The van der Waals surface area contributed by atoms with Gasteiger partial charge in [0.2, 0.25) is 0 Å². The summed E-state index contributed by atoms with van der Waals surface area (Å²) in [5.41, 5.74) is 0. The number of ether oxygens (including phenoxy) is 1. The number of thioether (sulfide) groups is 1. The molecule has 1 rings (SSSR count). The third kappa shape index (κ3) is 3.99. The first-order valence-corrected chi connectivity index (χ1v) is 5.15. The quantitative estimate of drug-likeness (QED) is 0.422. The van der Waals surface area contributed by atoms with Crippen LogP contribution in [0.1, 0.15) is 6.92 Å². The fourth-order valence-corrected chi connectivity index (χ4v) is 1.58. The summed E-state index contributed by atoms with van der Waals surface area (Å²) in [6, 6.07) is 9.81. The van der Waals surface area contributed by atoms with E-state index in [1.54, 1.807) is 0 Å². The SMILES string of the molecule is CCO[13C](=O)[13CH2]Sc1ccccc1. The third-order valence-corrected chi connectivity index (χ3v) is 2.39. The number of carbonyl (C=O) groups excluding carboxylic acids is 1. The zero-order valence-corrected chi connectivity index (χ0v) is 8.34. The van der Waals surface area contributed by atoms with E-state index in [0.29, 0.717) is 12.4 Å². The Morgan fingerprint density at radius 1 is 1.38 bits per heavy atom. The van der Waals surface area contributed by atoms with Crippen LogP contribution < -0.4 is 0 Å². The van der Waals surface area contributed by atoms with Crippen molar-refractivity contribution in [1.29, 1.82) is 0 Å². The Balaban J connectivity index is 2.31. The topological polar surface area (TPSA) is 26.3 Å². The molecule has 0 amide bonds. The molecular weight excluding hydrogens is 186 g/mol. The van der Waals surface area contributed by atoms with E-state index < -0.39 is 0 Å². The van der Waals surface area contributed by atoms with Crippen molar-refractivity contribution < 1.29 is 9.53 Å². The van der Waals surface area contributed by atoms with E-state index in [0.717, 1.165) is 4.90 Å². The average Bonchev–Trinajstić information content (AvgIpc) is 2.17. The lowest BCUT2D eigenvalue weighted by Crippen LogP contribution is -2.06. The molecule has 1 aromatic rings. The summed E-state index contributed by atoms with van der Waals surface area (Å²) in [4.78, 5) is 12.1. The number of rotatable bonds is 4. The molecule has 0 N–H and O–H groups in total. The molecular formula is C10H12O2S. The largest absolute Gasteiger partial charge is 0.465 e. The van der Waals surface area contributed by atoms with Gasteiger partial charge in [-0.05, 0) is 19.1 Å². The van der Waals surface area contributed by atoms with E-state index in [-0.39, 0.29) is 5.97 Å². The summed E-state index contributed by atoms with van der Waals surface area (Å²) in [5, 5.41) is 0. The zero-order chi connectivity index (χ0) is 9.52. The molecule has 0 unspecified atom stereocenters. The van der Waals surface area contributed by atoms with Gasteiger partial charge in [-0.15, -0.1) is 11.8 Å². The van der Waals surface area contributed by atoms with Crippen molar-refractivity contribution in [3.8, 4) is 0 Å². The van der Waals surface area contributed by atoms with E-state index in [1.165, 1.54) is 11.8 Å². The second kappa shape index (κ2) is 5.65. The first-order valence-electron chi connectivity index (χ1n) is 4.16. The molecule has 0 bridgehead atoms. The molecule has 0 aliphatic carbocycles. The highest BCUT2D eigenvalue weighted by molar-refractivity contribution is 8.00. The maximum Gasteiger partial charge on any atom is 0.316 e. The lowest BCUT2D eigenvalue weighted by molar-refractivity contribution is -0.139. The summed E-state index contributed by atoms with van der Waals surface area (Å²) in [5.74, 6) is 0.231. The Morgan fingerprint density at radius 3 is 2.69 bits per heavy atom. The van der Waals surface area contributed by atoms with Crippen molar-refractivity contribution in [3.05, 3.63) is 30.3 Å². The zero-order valence-electron chi connectivity index (χ0n) is 7.53. The minimum absolute atomic E-state index is 0.156. The number of esters is 1. The highest BCUT2D eigenvalue weighted by Crippen LogP contribution is 2.16. The standard InChI is InChI=1S/C10H12O2S/c1-2-12-10(11)8-13-9-6-4-3-5-7-9/h3-7H,2,8H2,1H3/i8+1,10+1. The molecule has 0 aliphatic rings. The van der Waals surface area contributed by atoms with Gasteiger partial charge in [0.1, 0.15) is 0 Å². The Labute approximate surface area is 82.3 Å². The van der Waals surface area contributed by atoms with Gasteiger partial charge in [-0.1, -0.05) is 18.2 Å². The van der Waals surface area contributed by atoms with Crippen LogP contribution in [0.25, 0.3) is 0 Å². The minimum Gasteiger partial charge on any atom is -0.465 e. The van der Waals surface area contributed by atoms with Gasteiger partial charge in [-0.2, -0.15) is 0 Å². The van der Waals surface area contributed by atoms with Crippen LogP contribution in [0, 0.1) is 0 Å². The third-order valence-electron chi connectivity index (χ3n) is 1.41. The molecule has 0 aliphatic heterocycles. The maximum atomic E-state index is 11.0. The maximum absolute atomic E-state index is 11.0. The highest BCUT2D eigenvalue weighted by atomic mass is 32.2. The fourth-order valence-electron chi connectivity index (χ4n) is 0.862. The Morgan fingerprint density at radius 2 is 2.08 bits per heavy atom. The van der Waals surface area contributed by atoms with Gasteiger partial charge in [-0.3, -0.25) is 4.79 Å². The number of hydrogen-bond acceptors (Lipinski definition) is 3. The van der Waals surface area contributed by atoms with Crippen molar-refractivity contribution in [2.24, 2.45) is 0 Å². The van der Waals surface area contributed by atoms with Crippen LogP contribution in [0.2, 0.25) is 0 Å². The predicted octanol–water partition coefficient (Wildman–Crippen LogP) is 2.34. The molecule has 0 radical (unpaired) electrons. The normalized spacial score (nSPS) is 9.62. The summed E-state index contributed by atoms with van der Waals surface area (Å²) in [6.45, 7) is 2.26. The van der Waals surface area contributed by atoms with Crippen molar-refractivity contribution >= 4 is 17.7 Å². The van der Waals surface area contributed by atoms with Crippen molar-refractivity contribution in [2.45, 2.75) is 11.8 Å². The minimum atomic E-state index is -0.156. The van der Waals surface area contributed by atoms with Crippen LogP contribution in [0.4, 0.5) is 0 Å². The molecule has 3 heteroatoms. The van der Waals surface area contributed by atoms with Gasteiger partial charge in [0.05, 0.1) is 12.4 Å². The van der Waals surface area contributed by atoms with Crippen LogP contribution >= 0.6 is 11.8 Å². The molecule has 2 nitrogen and oxygen atoms in total. The lowest BCUT2D eigenvalue weighted by atomic mass is 10.4. The van der Waals surface area contributed by atoms with Crippen LogP contribution in [-0.2, 0) is 9.53 Å². The second-order valence-electron chi connectivity index (χ2n) is 2.41. The summed E-state index contributed by atoms with van der Waals surface area (Å²) in [7, 11) is 0. The molecule has 0 aromatic heterocycles. The van der Waals surface area contributed by atoms with Gasteiger partial charge in [0, 0.05) is 4.90 Å². The molecule has 0 fully saturated rings. The summed E-state index contributed by atoms with van der Waals surface area (Å²) >= 11 is 1.49. The van der Waals surface area contributed by atoms with Crippen molar-refractivity contribution in [2.75, 3.05) is 12.4 Å². The van der Waals surface area contributed by atoms with Gasteiger partial charge in [-0.25, -0.2) is 0 Å². The molecule has 0 heterocycles. The van der Waals surface area contributed by atoms with Crippen LogP contribution in [0.15, 0.2) is 35.2 Å². The Bertz CT molecular complexity index is 259. The molecule has 0 saturated heterocycles. The van der Waals surface area contributed by atoms with Crippen molar-refractivity contribution in [3.63, 3.8) is 0 Å². The smallest absolute Gasteiger partial charge is 0.316 e. The molecule has 0 spiro atoms. The fraction of sp³-hybridized carbons (Fsp3) is 0.300. The summed E-state index contributed by atoms with van der Waals surface area (Å²) < 4.78 is 4.80. The van der Waals surface area contributed by atoms with Gasteiger partial charge < -0.3 is 4.74 Å². The second-order valence-corrected chi connectivity index (χ2v) is 3.46. The van der Waals surface area contributed by atoms with Gasteiger partial charge >= 0.3 is 5.97 Å². The number of carbonyl (C=O) groups is 1. The van der Waals surface area contributed by atoms with Gasteiger partial charge in [0.25, 0.3) is 0 Å². The van der Waals surface area contributed by atoms with Crippen molar-refractivity contribution in [1.82, 2.24) is 0 Å². The average molecular weight is 198 g/mol. The first-order chi connectivity index (χ1) is 6.33. The van der Waals surface area contributed by atoms with E-state index in [2.05, 4.69) is 0 Å². The summed E-state index contributed by atoms with van der Waals surface area (Å²) in [6.07, 6.45) is 0. The first kappa shape index (κ1) is 10.1. The van der Waals surface area contributed by atoms with Crippen LogP contribution in [-0.4, -0.2) is 18.3 Å². The highest BCUT2D eigenvalue weighted by Gasteiger charge is 2.01. The van der Waals surface area contributed by atoms with E-state index >= 15 is 0 Å². The van der Waals surface area contributed by atoms with E-state index in [4.69, 9.17) is 4.74 Å². The molecule has 0 saturated carbocycles. The van der Waals surface area contributed by atoms with Crippen LogP contribution in [0.5, 0.6) is 0 Å². The predicted molar refractivity (Wildman–Crippen MR) is 53.8 cm³/mol. The monoisotopic (exact) mass is 198 g/mol. The molecule has 0 atom stereocenters. The van der Waals surface area contributed by atoms with E-state index in [9.17, 15) is 4.79 Å². The van der Waals surface area contributed by atoms with Crippen LogP contribution in [0.3, 0.4) is 0 Å². The Kier molecular flexibility index (Phi) is 4.40. The Hall–Kier alpha value is -0.960. The molecule has 1 aromatic carbocycles. The number of hydrogen-bond donors (Lipinski definition) is 0. The molecule has 70 valence electrons. The number of benzene rings is 1. The van der Waals surface area contributed by atoms with E-state index in [1.807, 2.05) is 37.3 Å². The molecule has 13 heavy (non-hydrogen) atoms.